The summed E-state index contributed by atoms with van der Waals surface area (Å²) in [4.78, 5) is 31.5. The lowest BCUT2D eigenvalue weighted by Crippen LogP contribution is -2.51. The second kappa shape index (κ2) is 11.0. The summed E-state index contributed by atoms with van der Waals surface area (Å²) in [5.74, 6) is 1.07. The summed E-state index contributed by atoms with van der Waals surface area (Å²) in [6, 6.07) is 7.83. The fraction of sp³-hybridized carbons (Fsp3) is 0.577. The van der Waals surface area contributed by atoms with Crippen molar-refractivity contribution in [3.8, 4) is 5.75 Å². The second-order valence-corrected chi connectivity index (χ2v) is 10.1. The average Bonchev–Trinajstić information content (AvgIpc) is 2.98. The summed E-state index contributed by atoms with van der Waals surface area (Å²) in [6.45, 7) is 10.8. The zero-order valence-corrected chi connectivity index (χ0v) is 21.3. The van der Waals surface area contributed by atoms with Crippen LogP contribution in [0.15, 0.2) is 30.5 Å². The van der Waals surface area contributed by atoms with E-state index in [0.717, 1.165) is 41.6 Å². The molecular weight excluding hydrogens is 430 g/mol. The first kappa shape index (κ1) is 25.7. The van der Waals surface area contributed by atoms with Crippen LogP contribution in [-0.2, 0) is 9.59 Å². The molecule has 34 heavy (non-hydrogen) atoms. The molecular formula is C26H39N5O3. The van der Waals surface area contributed by atoms with Gasteiger partial charge in [0.05, 0.1) is 30.0 Å². The van der Waals surface area contributed by atoms with Crippen molar-refractivity contribution in [2.75, 3.05) is 25.5 Å². The molecule has 2 heterocycles. The number of nitrogens with zero attached hydrogens (tertiary/aromatic N) is 2. The Morgan fingerprint density at radius 3 is 2.76 bits per heavy atom. The van der Waals surface area contributed by atoms with Crippen LogP contribution in [0.5, 0.6) is 5.75 Å². The first-order chi connectivity index (χ1) is 16.1. The Hall–Kier alpha value is -2.87. The lowest BCUT2D eigenvalue weighted by Gasteiger charge is -2.30. The minimum atomic E-state index is -0.528. The van der Waals surface area contributed by atoms with Gasteiger partial charge >= 0.3 is 0 Å². The number of rotatable bonds is 11. The molecule has 0 radical (unpaired) electrons. The molecule has 0 spiro atoms. The molecule has 2 aromatic rings. The molecule has 1 aliphatic heterocycles. The maximum atomic E-state index is 12.8. The van der Waals surface area contributed by atoms with E-state index >= 15 is 0 Å². The number of amides is 2. The summed E-state index contributed by atoms with van der Waals surface area (Å²) >= 11 is 0. The van der Waals surface area contributed by atoms with Gasteiger partial charge in [0, 0.05) is 30.2 Å². The number of pyridine rings is 1. The molecule has 8 nitrogen and oxygen atoms in total. The summed E-state index contributed by atoms with van der Waals surface area (Å²) in [7, 11) is 1.66. The number of nitrogens with one attached hydrogen (secondary N) is 3. The Bertz CT molecular complexity index is 1010. The third-order valence-corrected chi connectivity index (χ3v) is 6.23. The average molecular weight is 470 g/mol. The van der Waals surface area contributed by atoms with Gasteiger partial charge in [0.25, 0.3) is 0 Å². The Kier molecular flexibility index (Phi) is 8.36. The number of ether oxygens (including phenoxy) is 1. The lowest BCUT2D eigenvalue weighted by atomic mass is 10.0. The van der Waals surface area contributed by atoms with E-state index in [1.807, 2.05) is 38.1 Å². The van der Waals surface area contributed by atoms with Gasteiger partial charge in [-0.15, -0.1) is 0 Å². The van der Waals surface area contributed by atoms with Crippen LogP contribution in [0.4, 0.5) is 5.69 Å². The minimum Gasteiger partial charge on any atom is -0.497 e. The normalized spacial score (nSPS) is 18.4. The van der Waals surface area contributed by atoms with Crippen LogP contribution in [0.3, 0.4) is 0 Å². The van der Waals surface area contributed by atoms with Gasteiger partial charge in [0.2, 0.25) is 11.8 Å². The smallest absolute Gasteiger partial charge is 0.241 e. The molecule has 1 saturated heterocycles. The van der Waals surface area contributed by atoms with Gasteiger partial charge in [-0.25, -0.2) is 0 Å². The van der Waals surface area contributed by atoms with E-state index in [2.05, 4.69) is 41.7 Å². The van der Waals surface area contributed by atoms with Gasteiger partial charge in [-0.3, -0.25) is 19.9 Å². The monoisotopic (exact) mass is 469 g/mol. The van der Waals surface area contributed by atoms with Crippen LogP contribution in [-0.4, -0.2) is 59.6 Å². The number of hydrogen-bond acceptors (Lipinski definition) is 6. The van der Waals surface area contributed by atoms with Crippen LogP contribution >= 0.6 is 0 Å². The number of aromatic nitrogens is 1. The van der Waals surface area contributed by atoms with Crippen molar-refractivity contribution in [3.05, 3.63) is 30.5 Å². The van der Waals surface area contributed by atoms with Crippen molar-refractivity contribution in [1.29, 1.82) is 0 Å². The van der Waals surface area contributed by atoms with E-state index in [4.69, 9.17) is 4.74 Å². The van der Waals surface area contributed by atoms with Gasteiger partial charge in [0.1, 0.15) is 12.3 Å². The van der Waals surface area contributed by atoms with Crippen LogP contribution in [0.25, 0.3) is 10.9 Å². The fourth-order valence-electron chi connectivity index (χ4n) is 4.50. The molecule has 2 amide bonds. The molecule has 0 aliphatic carbocycles. The Morgan fingerprint density at radius 1 is 1.29 bits per heavy atom. The minimum absolute atomic E-state index is 0.00537. The highest BCUT2D eigenvalue weighted by atomic mass is 16.5. The Balaban J connectivity index is 1.46. The SMILES string of the molecule is COc1cc(NC(C)CCCNC(=O)CN2C(=O)[C@H](CC(C)C)NC2(C)C)c2ncccc2c1. The molecule has 1 aromatic heterocycles. The number of hydrogen-bond donors (Lipinski definition) is 3. The predicted molar refractivity (Wildman–Crippen MR) is 136 cm³/mol. The van der Waals surface area contributed by atoms with Gasteiger partial charge in [-0.2, -0.15) is 0 Å². The van der Waals surface area contributed by atoms with E-state index in [0.29, 0.717) is 12.5 Å². The van der Waals surface area contributed by atoms with Gasteiger partial charge in [-0.05, 0) is 58.1 Å². The number of carbonyl (C=O) groups is 2. The molecule has 1 aliphatic rings. The lowest BCUT2D eigenvalue weighted by molar-refractivity contribution is -0.137. The molecule has 186 valence electrons. The van der Waals surface area contributed by atoms with Crippen LogP contribution < -0.4 is 20.7 Å². The highest BCUT2D eigenvalue weighted by molar-refractivity contribution is 5.92. The highest BCUT2D eigenvalue weighted by Crippen LogP contribution is 2.28. The Labute approximate surface area is 202 Å². The van der Waals surface area contributed by atoms with Gasteiger partial charge in [0.15, 0.2) is 0 Å². The van der Waals surface area contributed by atoms with Crippen LogP contribution in [0, 0.1) is 5.92 Å². The van der Waals surface area contributed by atoms with Crippen molar-refractivity contribution in [3.63, 3.8) is 0 Å². The molecule has 2 atom stereocenters. The predicted octanol–water partition coefficient (Wildman–Crippen LogP) is 3.52. The second-order valence-electron chi connectivity index (χ2n) is 10.1. The molecule has 1 fully saturated rings. The zero-order valence-electron chi connectivity index (χ0n) is 21.3. The van der Waals surface area contributed by atoms with E-state index in [1.165, 1.54) is 0 Å². The maximum Gasteiger partial charge on any atom is 0.241 e. The van der Waals surface area contributed by atoms with Crippen molar-refractivity contribution < 1.29 is 14.3 Å². The Morgan fingerprint density at radius 2 is 2.06 bits per heavy atom. The van der Waals surface area contributed by atoms with E-state index < -0.39 is 5.66 Å². The summed E-state index contributed by atoms with van der Waals surface area (Å²) < 4.78 is 5.42. The van der Waals surface area contributed by atoms with Crippen molar-refractivity contribution in [2.45, 2.75) is 71.6 Å². The van der Waals surface area contributed by atoms with Crippen LogP contribution in [0.1, 0.15) is 53.9 Å². The number of benzene rings is 1. The van der Waals surface area contributed by atoms with Crippen molar-refractivity contribution in [2.24, 2.45) is 5.92 Å². The van der Waals surface area contributed by atoms with Crippen molar-refractivity contribution in [1.82, 2.24) is 20.5 Å². The summed E-state index contributed by atoms with van der Waals surface area (Å²) in [5, 5.41) is 10.9. The van der Waals surface area contributed by atoms with Gasteiger partial charge < -0.3 is 20.3 Å². The summed E-state index contributed by atoms with van der Waals surface area (Å²) in [6.07, 6.45) is 4.25. The number of methoxy groups -OCH3 is 1. The molecule has 3 rings (SSSR count). The quantitative estimate of drug-likeness (QED) is 0.436. The first-order valence-corrected chi connectivity index (χ1v) is 12.2. The third-order valence-electron chi connectivity index (χ3n) is 6.23. The van der Waals surface area contributed by atoms with Gasteiger partial charge in [-0.1, -0.05) is 19.9 Å². The maximum absolute atomic E-state index is 12.8. The molecule has 8 heteroatoms. The summed E-state index contributed by atoms with van der Waals surface area (Å²) in [5.41, 5.74) is 1.32. The van der Waals surface area contributed by atoms with E-state index in [1.54, 1.807) is 18.2 Å². The zero-order chi connectivity index (χ0) is 24.9. The van der Waals surface area contributed by atoms with E-state index in [-0.39, 0.29) is 30.4 Å². The number of carbonyl (C=O) groups excluding carboxylic acids is 2. The van der Waals surface area contributed by atoms with Crippen molar-refractivity contribution >= 4 is 28.4 Å². The molecule has 1 aromatic carbocycles. The third kappa shape index (κ3) is 6.38. The largest absolute Gasteiger partial charge is 0.497 e. The number of fused-ring (bicyclic) bond motifs is 1. The van der Waals surface area contributed by atoms with E-state index in [9.17, 15) is 9.59 Å². The first-order valence-electron chi connectivity index (χ1n) is 12.2. The topological polar surface area (TPSA) is 95.6 Å². The molecule has 0 saturated carbocycles. The number of anilines is 1. The standard InChI is InChI=1S/C26H39N5O3/c1-17(2)13-22-25(33)31(26(4,5)30-22)16-23(32)27-11-7-9-18(3)29-21-15-20(34-6)14-19-10-8-12-28-24(19)21/h8,10,12,14-15,17-18,22,29-30H,7,9,11,13,16H2,1-6H3,(H,27,32)/t18?,22-/m0/s1. The molecule has 1 unspecified atom stereocenters. The highest BCUT2D eigenvalue weighted by Gasteiger charge is 2.44. The molecule has 0 bridgehead atoms. The van der Waals surface area contributed by atoms with Crippen LogP contribution in [0.2, 0.25) is 0 Å². The molecule has 3 N–H and O–H groups in total. The fourth-order valence-corrected chi connectivity index (χ4v) is 4.50.